The Morgan fingerprint density at radius 1 is 1.10 bits per heavy atom. The van der Waals surface area contributed by atoms with Crippen molar-refractivity contribution in [2.75, 3.05) is 42.9 Å². The number of amides is 2. The lowest BCUT2D eigenvalue weighted by Gasteiger charge is -2.44. The third kappa shape index (κ3) is 6.32. The Morgan fingerprint density at radius 2 is 1.85 bits per heavy atom. The maximum absolute atomic E-state index is 13.0. The van der Waals surface area contributed by atoms with Crippen LogP contribution in [0.15, 0.2) is 43.2 Å². The van der Waals surface area contributed by atoms with Gasteiger partial charge in [-0.3, -0.25) is 9.78 Å². The molecule has 0 bridgehead atoms. The third-order valence-corrected chi connectivity index (χ3v) is 7.83. The number of pyridine rings is 1. The van der Waals surface area contributed by atoms with Gasteiger partial charge in [-0.05, 0) is 76.3 Å². The molecule has 1 unspecified atom stereocenters. The zero-order chi connectivity index (χ0) is 27.7. The largest absolute Gasteiger partial charge is 0.444 e. The number of anilines is 2. The van der Waals surface area contributed by atoms with Gasteiger partial charge < -0.3 is 24.8 Å². The van der Waals surface area contributed by atoms with Crippen molar-refractivity contribution in [3.63, 3.8) is 0 Å². The molecule has 1 aliphatic carbocycles. The first-order valence-corrected chi connectivity index (χ1v) is 14.2. The number of carbonyl (C=O) groups excluding carboxylic acids is 2. The summed E-state index contributed by atoms with van der Waals surface area (Å²) in [4.78, 5) is 36.0. The van der Waals surface area contributed by atoms with Crippen LogP contribution in [0.1, 0.15) is 63.6 Å². The van der Waals surface area contributed by atoms with Gasteiger partial charge in [0, 0.05) is 73.7 Å². The van der Waals surface area contributed by atoms with Crippen LogP contribution in [-0.2, 0) is 9.53 Å². The molecule has 0 radical (unpaired) electrons. The molecule has 1 atom stereocenters. The highest BCUT2D eigenvalue weighted by atomic mass is 35.5. The van der Waals surface area contributed by atoms with E-state index in [1.807, 2.05) is 32.9 Å². The summed E-state index contributed by atoms with van der Waals surface area (Å²) in [6.45, 7) is 13.6. The van der Waals surface area contributed by atoms with Gasteiger partial charge >= 0.3 is 6.09 Å². The molecule has 1 aromatic carbocycles. The molecule has 1 aromatic heterocycles. The van der Waals surface area contributed by atoms with E-state index in [2.05, 4.69) is 38.8 Å². The number of hydrogen-bond donors (Lipinski definition) is 1. The monoisotopic (exact) mass is 551 g/mol. The predicted octanol–water partition coefficient (Wildman–Crippen LogP) is 5.95. The molecule has 3 aliphatic rings. The number of piperazine rings is 1. The van der Waals surface area contributed by atoms with Gasteiger partial charge in [0.15, 0.2) is 0 Å². The van der Waals surface area contributed by atoms with Gasteiger partial charge in [0.05, 0.1) is 11.1 Å². The van der Waals surface area contributed by atoms with E-state index in [-0.39, 0.29) is 24.0 Å². The number of halogens is 1. The molecule has 9 heteroatoms. The fourth-order valence-corrected chi connectivity index (χ4v) is 5.58. The van der Waals surface area contributed by atoms with Crippen molar-refractivity contribution in [1.29, 1.82) is 0 Å². The lowest BCUT2D eigenvalue weighted by molar-refractivity contribution is -0.117. The normalized spacial score (nSPS) is 19.7. The summed E-state index contributed by atoms with van der Waals surface area (Å²) in [6.07, 6.45) is 7.22. The summed E-state index contributed by atoms with van der Waals surface area (Å²) in [6, 6.07) is 7.78. The third-order valence-electron chi connectivity index (χ3n) is 7.51. The lowest BCUT2D eigenvalue weighted by atomic mass is 9.99. The van der Waals surface area contributed by atoms with Crippen LogP contribution in [0.3, 0.4) is 0 Å². The molecular weight excluding hydrogens is 514 g/mol. The Kier molecular flexibility index (Phi) is 7.76. The minimum Gasteiger partial charge on any atom is -0.444 e. The van der Waals surface area contributed by atoms with Gasteiger partial charge in [-0.15, -0.1) is 0 Å². The van der Waals surface area contributed by atoms with E-state index < -0.39 is 5.60 Å². The van der Waals surface area contributed by atoms with Crippen molar-refractivity contribution in [2.45, 2.75) is 58.1 Å². The minimum atomic E-state index is -0.580. The highest BCUT2D eigenvalue weighted by Gasteiger charge is 2.36. The Morgan fingerprint density at radius 3 is 2.51 bits per heavy atom. The average Bonchev–Trinajstić information content (AvgIpc) is 3.61. The van der Waals surface area contributed by atoms with E-state index in [9.17, 15) is 9.59 Å². The van der Waals surface area contributed by atoms with Crippen LogP contribution in [0.4, 0.5) is 16.2 Å². The Hall–Kier alpha value is -3.26. The molecule has 2 amide bonds. The van der Waals surface area contributed by atoms with Crippen molar-refractivity contribution < 1.29 is 14.3 Å². The van der Waals surface area contributed by atoms with Crippen LogP contribution in [0.2, 0.25) is 5.02 Å². The smallest absolute Gasteiger partial charge is 0.410 e. The van der Waals surface area contributed by atoms with Crippen LogP contribution >= 0.6 is 11.6 Å². The van der Waals surface area contributed by atoms with Gasteiger partial charge in [0.1, 0.15) is 5.60 Å². The minimum absolute atomic E-state index is 0.0969. The van der Waals surface area contributed by atoms with Crippen molar-refractivity contribution in [2.24, 2.45) is 5.92 Å². The fraction of sp³-hybridized carbons (Fsp3) is 0.500. The number of benzene rings is 1. The van der Waals surface area contributed by atoms with Crippen molar-refractivity contribution in [3.8, 4) is 0 Å². The Bertz CT molecular complexity index is 1250. The second-order valence-electron chi connectivity index (χ2n) is 11.7. The van der Waals surface area contributed by atoms with Crippen LogP contribution in [0, 0.1) is 5.92 Å². The highest BCUT2D eigenvalue weighted by molar-refractivity contribution is 6.31. The summed E-state index contributed by atoms with van der Waals surface area (Å²) in [7, 11) is 0. The summed E-state index contributed by atoms with van der Waals surface area (Å²) in [5.74, 6) is 0.238. The predicted molar refractivity (Wildman–Crippen MR) is 155 cm³/mol. The maximum atomic E-state index is 13.0. The maximum Gasteiger partial charge on any atom is 0.410 e. The molecule has 208 valence electrons. The summed E-state index contributed by atoms with van der Waals surface area (Å²) < 4.78 is 5.68. The zero-order valence-corrected chi connectivity index (χ0v) is 23.8. The van der Waals surface area contributed by atoms with Gasteiger partial charge in [-0.2, -0.15) is 0 Å². The van der Waals surface area contributed by atoms with Crippen LogP contribution in [0.25, 0.3) is 5.70 Å². The molecule has 8 nitrogen and oxygen atoms in total. The standard InChI is InChI=1S/C30H38ClN5O3/c1-20(23-10-9-22(33-28(37)21-7-8-21)17-26(23)34-13-5-6-14-34)36-16-15-35(29(38)39-30(2,3)4)19-27(36)24-11-12-32-18-25(24)31/h9-12,17-18,21,27H,1,5-8,13-16,19H2,2-4H3,(H,33,37). The van der Waals surface area contributed by atoms with E-state index in [0.717, 1.165) is 67.0 Å². The molecular formula is C30H38ClN5O3. The summed E-state index contributed by atoms with van der Waals surface area (Å²) >= 11 is 6.64. The average molecular weight is 552 g/mol. The van der Waals surface area contributed by atoms with E-state index in [1.165, 1.54) is 0 Å². The second-order valence-corrected chi connectivity index (χ2v) is 12.1. The molecule has 2 aliphatic heterocycles. The molecule has 3 fully saturated rings. The number of aromatic nitrogens is 1. The molecule has 3 heterocycles. The number of ether oxygens (including phenoxy) is 1. The topological polar surface area (TPSA) is 78.0 Å². The van der Waals surface area contributed by atoms with E-state index >= 15 is 0 Å². The van der Waals surface area contributed by atoms with E-state index in [0.29, 0.717) is 24.7 Å². The van der Waals surface area contributed by atoms with Gasteiger partial charge in [0.25, 0.3) is 0 Å². The molecule has 0 spiro atoms. The number of nitrogens with one attached hydrogen (secondary N) is 1. The second kappa shape index (κ2) is 11.1. The van der Waals surface area contributed by atoms with Crippen LogP contribution < -0.4 is 10.2 Å². The van der Waals surface area contributed by atoms with Gasteiger partial charge in [-0.1, -0.05) is 18.2 Å². The number of rotatable bonds is 6. The van der Waals surface area contributed by atoms with Crippen molar-refractivity contribution >= 4 is 40.7 Å². The van der Waals surface area contributed by atoms with Crippen molar-refractivity contribution in [1.82, 2.24) is 14.8 Å². The first-order valence-electron chi connectivity index (χ1n) is 13.8. The van der Waals surface area contributed by atoms with Crippen molar-refractivity contribution in [3.05, 3.63) is 59.4 Å². The summed E-state index contributed by atoms with van der Waals surface area (Å²) in [5, 5.41) is 3.65. The van der Waals surface area contributed by atoms with Crippen LogP contribution in [0.5, 0.6) is 0 Å². The quantitative estimate of drug-likeness (QED) is 0.478. The zero-order valence-electron chi connectivity index (χ0n) is 23.1. The first kappa shape index (κ1) is 27.3. The molecule has 5 rings (SSSR count). The molecule has 1 saturated carbocycles. The number of carbonyl (C=O) groups is 2. The van der Waals surface area contributed by atoms with E-state index in [4.69, 9.17) is 16.3 Å². The highest BCUT2D eigenvalue weighted by Crippen LogP contribution is 2.40. The Labute approximate surface area is 236 Å². The van der Waals surface area contributed by atoms with Gasteiger partial charge in [0.2, 0.25) is 5.91 Å². The van der Waals surface area contributed by atoms with Gasteiger partial charge in [-0.25, -0.2) is 4.79 Å². The fourth-order valence-electron chi connectivity index (χ4n) is 5.34. The molecule has 2 aromatic rings. The summed E-state index contributed by atoms with van der Waals surface area (Å²) in [5.41, 5.74) is 4.07. The lowest BCUT2D eigenvalue weighted by Crippen LogP contribution is -2.51. The number of hydrogen-bond acceptors (Lipinski definition) is 6. The molecule has 1 N–H and O–H groups in total. The SMILES string of the molecule is C=C(c1ccc(NC(=O)C2CC2)cc1N1CCCC1)N1CCN(C(=O)OC(C)(C)C)CC1c1ccncc1Cl. The Balaban J connectivity index is 1.46. The number of nitrogens with zero attached hydrogens (tertiary/aromatic N) is 4. The molecule has 2 saturated heterocycles. The first-order chi connectivity index (χ1) is 18.6. The van der Waals surface area contributed by atoms with E-state index in [1.54, 1.807) is 17.3 Å². The molecule has 39 heavy (non-hydrogen) atoms. The van der Waals surface area contributed by atoms with Crippen LogP contribution in [-0.4, -0.2) is 65.1 Å².